The van der Waals surface area contributed by atoms with Crippen molar-refractivity contribution in [2.75, 3.05) is 39.3 Å². The zero-order valence-corrected chi connectivity index (χ0v) is 16.4. The van der Waals surface area contributed by atoms with Crippen LogP contribution in [-0.4, -0.2) is 60.1 Å². The van der Waals surface area contributed by atoms with Crippen molar-refractivity contribution < 1.29 is 4.74 Å². The molecule has 0 radical (unpaired) electrons. The summed E-state index contributed by atoms with van der Waals surface area (Å²) in [5, 5.41) is 7.34. The minimum absolute atomic E-state index is 0.510. The zero-order valence-electron chi connectivity index (χ0n) is 14.9. The van der Waals surface area contributed by atoms with E-state index in [1.54, 1.807) is 11.3 Å². The number of likely N-dealkylation sites (tertiary alicyclic amines) is 1. The van der Waals surface area contributed by atoms with Gasteiger partial charge < -0.3 is 10.1 Å². The molecule has 0 spiro atoms. The smallest absolute Gasteiger partial charge is 0.140 e. The fourth-order valence-corrected chi connectivity index (χ4v) is 4.52. The number of benzene rings is 1. The maximum atomic E-state index is 5.90. The molecule has 4 rings (SSSR count). The molecular formula is C19H25ClN4OS. The van der Waals surface area contributed by atoms with Crippen molar-refractivity contribution >= 4 is 22.9 Å². The molecule has 0 amide bonds. The van der Waals surface area contributed by atoms with Crippen LogP contribution >= 0.6 is 22.9 Å². The molecule has 7 heteroatoms. The lowest BCUT2D eigenvalue weighted by atomic mass is 10.2. The number of piperazine rings is 1. The molecule has 2 fully saturated rings. The summed E-state index contributed by atoms with van der Waals surface area (Å²) in [5.41, 5.74) is 1.16. The average molecular weight is 393 g/mol. The van der Waals surface area contributed by atoms with Crippen molar-refractivity contribution in [3.05, 3.63) is 45.4 Å². The largest absolute Gasteiger partial charge is 0.486 e. The van der Waals surface area contributed by atoms with Crippen molar-refractivity contribution in [2.24, 2.45) is 0 Å². The number of thiazole rings is 1. The Bertz CT molecular complexity index is 702. The van der Waals surface area contributed by atoms with Crippen LogP contribution in [0.25, 0.3) is 0 Å². The topological polar surface area (TPSA) is 40.6 Å². The van der Waals surface area contributed by atoms with Crippen molar-refractivity contribution in [2.45, 2.75) is 25.6 Å². The highest BCUT2D eigenvalue weighted by Gasteiger charge is 2.28. The van der Waals surface area contributed by atoms with E-state index in [4.69, 9.17) is 21.3 Å². The van der Waals surface area contributed by atoms with E-state index in [9.17, 15) is 0 Å². The number of halogens is 1. The minimum atomic E-state index is 0.510. The van der Waals surface area contributed by atoms with Gasteiger partial charge in [-0.15, -0.1) is 11.3 Å². The Balaban J connectivity index is 1.25. The third kappa shape index (κ3) is 4.75. The van der Waals surface area contributed by atoms with Gasteiger partial charge in [-0.05, 0) is 30.7 Å². The third-order valence-electron chi connectivity index (χ3n) is 5.08. The molecule has 3 heterocycles. The van der Waals surface area contributed by atoms with E-state index in [0.717, 1.165) is 47.7 Å². The molecule has 2 aliphatic rings. The molecule has 1 N–H and O–H groups in total. The van der Waals surface area contributed by atoms with Crippen molar-refractivity contribution in [1.29, 1.82) is 0 Å². The molecule has 5 nitrogen and oxygen atoms in total. The fraction of sp³-hybridized carbons (Fsp3) is 0.526. The number of nitrogens with zero attached hydrogens (tertiary/aromatic N) is 3. The van der Waals surface area contributed by atoms with Gasteiger partial charge in [-0.2, -0.15) is 0 Å². The maximum Gasteiger partial charge on any atom is 0.140 e. The first kappa shape index (κ1) is 18.2. The van der Waals surface area contributed by atoms with Gasteiger partial charge in [0.1, 0.15) is 17.4 Å². The SMILES string of the molecule is Clc1ccc(OCc2nc(CN3CCC(N4CCNCC4)C3)cs2)cc1. The Morgan fingerprint density at radius 1 is 1.19 bits per heavy atom. The first-order valence-electron chi connectivity index (χ1n) is 9.25. The van der Waals surface area contributed by atoms with E-state index >= 15 is 0 Å². The van der Waals surface area contributed by atoms with Gasteiger partial charge in [-0.25, -0.2) is 4.98 Å². The standard InChI is InChI=1S/C19H25ClN4OS/c20-15-1-3-18(4-2-15)25-13-19-22-16(14-26-19)11-23-8-5-17(12-23)24-9-6-21-7-10-24/h1-4,14,17,21H,5-13H2. The van der Waals surface area contributed by atoms with Crippen LogP contribution in [0.5, 0.6) is 5.75 Å². The average Bonchev–Trinajstić information content (AvgIpc) is 3.32. The fourth-order valence-electron chi connectivity index (χ4n) is 3.69. The van der Waals surface area contributed by atoms with Gasteiger partial charge in [-0.1, -0.05) is 11.6 Å². The second-order valence-electron chi connectivity index (χ2n) is 6.94. The second kappa shape index (κ2) is 8.67. The van der Waals surface area contributed by atoms with Gasteiger partial charge in [0.25, 0.3) is 0 Å². The number of hydrogen-bond acceptors (Lipinski definition) is 6. The van der Waals surface area contributed by atoms with Crippen LogP contribution in [0.15, 0.2) is 29.6 Å². The monoisotopic (exact) mass is 392 g/mol. The number of hydrogen-bond donors (Lipinski definition) is 1. The molecule has 0 saturated carbocycles. The Morgan fingerprint density at radius 3 is 2.81 bits per heavy atom. The summed E-state index contributed by atoms with van der Waals surface area (Å²) in [5.74, 6) is 0.824. The summed E-state index contributed by atoms with van der Waals surface area (Å²) in [6.45, 7) is 8.40. The van der Waals surface area contributed by atoms with Gasteiger partial charge in [0, 0.05) is 62.3 Å². The van der Waals surface area contributed by atoms with Crippen molar-refractivity contribution in [3.63, 3.8) is 0 Å². The van der Waals surface area contributed by atoms with Crippen LogP contribution < -0.4 is 10.1 Å². The Labute approximate surface area is 163 Å². The van der Waals surface area contributed by atoms with E-state index in [0.29, 0.717) is 12.6 Å². The molecule has 1 aromatic carbocycles. The summed E-state index contributed by atoms with van der Waals surface area (Å²) in [7, 11) is 0. The van der Waals surface area contributed by atoms with Crippen LogP contribution in [-0.2, 0) is 13.2 Å². The van der Waals surface area contributed by atoms with Crippen LogP contribution in [0.4, 0.5) is 0 Å². The zero-order chi connectivity index (χ0) is 17.8. The lowest BCUT2D eigenvalue weighted by Crippen LogP contribution is -2.49. The second-order valence-corrected chi connectivity index (χ2v) is 8.32. The molecule has 140 valence electrons. The highest BCUT2D eigenvalue weighted by Crippen LogP contribution is 2.21. The van der Waals surface area contributed by atoms with Gasteiger partial charge in [-0.3, -0.25) is 9.80 Å². The van der Waals surface area contributed by atoms with Crippen molar-refractivity contribution in [1.82, 2.24) is 20.1 Å². The molecule has 0 aliphatic carbocycles. The quantitative estimate of drug-likeness (QED) is 0.818. The van der Waals surface area contributed by atoms with Crippen LogP contribution in [0.2, 0.25) is 5.02 Å². The molecule has 26 heavy (non-hydrogen) atoms. The van der Waals surface area contributed by atoms with Gasteiger partial charge >= 0.3 is 0 Å². The highest BCUT2D eigenvalue weighted by atomic mass is 35.5. The van der Waals surface area contributed by atoms with E-state index < -0.39 is 0 Å². The van der Waals surface area contributed by atoms with Crippen LogP contribution in [0.3, 0.4) is 0 Å². The lowest BCUT2D eigenvalue weighted by Gasteiger charge is -2.32. The molecule has 1 aromatic heterocycles. The van der Waals surface area contributed by atoms with Crippen molar-refractivity contribution in [3.8, 4) is 5.75 Å². The number of rotatable bonds is 6. The predicted octanol–water partition coefficient (Wildman–Crippen LogP) is 2.86. The maximum absolute atomic E-state index is 5.90. The Kier molecular flexibility index (Phi) is 6.07. The van der Waals surface area contributed by atoms with E-state index in [1.165, 1.54) is 26.1 Å². The number of aromatic nitrogens is 1. The van der Waals surface area contributed by atoms with E-state index in [2.05, 4.69) is 20.5 Å². The van der Waals surface area contributed by atoms with Crippen LogP contribution in [0, 0.1) is 0 Å². The number of ether oxygens (including phenoxy) is 1. The van der Waals surface area contributed by atoms with Gasteiger partial charge in [0.2, 0.25) is 0 Å². The van der Waals surface area contributed by atoms with Gasteiger partial charge in [0.05, 0.1) is 5.69 Å². The molecule has 2 saturated heterocycles. The molecule has 1 atom stereocenters. The minimum Gasteiger partial charge on any atom is -0.486 e. The summed E-state index contributed by atoms with van der Waals surface area (Å²) in [6, 6.07) is 8.16. The van der Waals surface area contributed by atoms with E-state index in [-0.39, 0.29) is 0 Å². The molecule has 2 aliphatic heterocycles. The number of nitrogens with one attached hydrogen (secondary N) is 1. The summed E-state index contributed by atoms with van der Waals surface area (Å²) >= 11 is 7.57. The van der Waals surface area contributed by atoms with Crippen LogP contribution in [0.1, 0.15) is 17.1 Å². The molecule has 2 aromatic rings. The predicted molar refractivity (Wildman–Crippen MR) is 106 cm³/mol. The Morgan fingerprint density at radius 2 is 2.00 bits per heavy atom. The summed E-state index contributed by atoms with van der Waals surface area (Å²) in [4.78, 5) is 9.92. The molecule has 0 bridgehead atoms. The third-order valence-corrected chi connectivity index (χ3v) is 6.20. The van der Waals surface area contributed by atoms with E-state index in [1.807, 2.05) is 24.3 Å². The normalized spacial score (nSPS) is 22.0. The lowest BCUT2D eigenvalue weighted by molar-refractivity contribution is 0.170. The summed E-state index contributed by atoms with van der Waals surface area (Å²) < 4.78 is 5.79. The first-order chi connectivity index (χ1) is 12.8. The van der Waals surface area contributed by atoms with Gasteiger partial charge in [0.15, 0.2) is 0 Å². The first-order valence-corrected chi connectivity index (χ1v) is 10.5. The molecule has 1 unspecified atom stereocenters. The molecular weight excluding hydrogens is 368 g/mol. The summed E-state index contributed by atoms with van der Waals surface area (Å²) in [6.07, 6.45) is 1.27. The Hall–Kier alpha value is -1.18. The highest BCUT2D eigenvalue weighted by molar-refractivity contribution is 7.09.